The Morgan fingerprint density at radius 1 is 1.67 bits per heavy atom. The molecule has 1 saturated heterocycles. The Balaban J connectivity index is 2.04. The van der Waals surface area contributed by atoms with Crippen LogP contribution in [0.15, 0.2) is 6.20 Å². The molecule has 1 aliphatic heterocycles. The van der Waals surface area contributed by atoms with Crippen LogP contribution in [0.4, 0.5) is 0 Å². The van der Waals surface area contributed by atoms with E-state index in [1.54, 1.807) is 6.20 Å². The highest BCUT2D eigenvalue weighted by Gasteiger charge is 2.27. The number of carbonyl (C=O) groups excluding carboxylic acids is 1. The van der Waals surface area contributed by atoms with Crippen LogP contribution in [0.3, 0.4) is 0 Å². The minimum Gasteiger partial charge on any atom is -0.300 e. The highest BCUT2D eigenvalue weighted by molar-refractivity contribution is 7.13. The largest absolute Gasteiger partial charge is 0.300 e. The Bertz CT molecular complexity index is 348. The minimum atomic E-state index is 0.533. The number of thiazole rings is 1. The first kappa shape index (κ1) is 10.8. The van der Waals surface area contributed by atoms with Gasteiger partial charge in [-0.05, 0) is 26.8 Å². The van der Waals surface area contributed by atoms with Gasteiger partial charge in [0.1, 0.15) is 0 Å². The molecular weight excluding hydrogens is 208 g/mol. The molecule has 3 nitrogen and oxygen atoms in total. The smallest absolute Gasteiger partial charge is 0.161 e. The quantitative estimate of drug-likeness (QED) is 0.738. The maximum absolute atomic E-state index is 10.6. The van der Waals surface area contributed by atoms with Gasteiger partial charge < -0.3 is 4.90 Å². The van der Waals surface area contributed by atoms with Crippen molar-refractivity contribution in [3.8, 4) is 0 Å². The minimum absolute atomic E-state index is 0.533. The van der Waals surface area contributed by atoms with Crippen molar-refractivity contribution in [1.82, 2.24) is 9.88 Å². The molecule has 2 heterocycles. The van der Waals surface area contributed by atoms with E-state index in [1.165, 1.54) is 17.8 Å². The average molecular weight is 224 g/mol. The van der Waals surface area contributed by atoms with Crippen LogP contribution in [0.5, 0.6) is 0 Å². The van der Waals surface area contributed by atoms with Gasteiger partial charge in [0.05, 0.1) is 9.88 Å². The molecule has 0 spiro atoms. The third kappa shape index (κ3) is 2.26. The molecule has 0 radical (unpaired) electrons. The highest BCUT2D eigenvalue weighted by atomic mass is 32.1. The molecule has 0 aromatic carbocycles. The number of aromatic nitrogens is 1. The predicted octanol–water partition coefficient (Wildman–Crippen LogP) is 2.15. The first-order valence-corrected chi connectivity index (χ1v) is 6.17. The van der Waals surface area contributed by atoms with Crippen LogP contribution in [-0.4, -0.2) is 35.3 Å². The molecule has 1 aromatic rings. The van der Waals surface area contributed by atoms with Gasteiger partial charge in [-0.1, -0.05) is 0 Å². The molecule has 0 amide bonds. The third-order valence-electron chi connectivity index (χ3n) is 2.96. The zero-order valence-corrected chi connectivity index (χ0v) is 9.96. The Hall–Kier alpha value is -0.740. The summed E-state index contributed by atoms with van der Waals surface area (Å²) in [6.45, 7) is 6.68. The number of carbonyl (C=O) groups is 1. The van der Waals surface area contributed by atoms with Gasteiger partial charge in [-0.3, -0.25) is 4.79 Å². The number of likely N-dealkylation sites (tertiary alicyclic amines) is 1. The lowest BCUT2D eigenvalue weighted by Gasteiger charge is -2.19. The third-order valence-corrected chi connectivity index (χ3v) is 4.04. The van der Waals surface area contributed by atoms with Crippen LogP contribution in [0.25, 0.3) is 0 Å². The lowest BCUT2D eigenvalue weighted by atomic mass is 10.1. The molecule has 1 atom stereocenters. The molecule has 4 heteroatoms. The van der Waals surface area contributed by atoms with Crippen molar-refractivity contribution in [2.24, 2.45) is 0 Å². The summed E-state index contributed by atoms with van der Waals surface area (Å²) in [5.74, 6) is 0.533. The Morgan fingerprint density at radius 2 is 2.47 bits per heavy atom. The standard InChI is InChI=1S/C11H16N2OS/c1-8(2)13-4-3-9(6-13)11-12-5-10(7-14)15-11/h5,7-9H,3-4,6H2,1-2H3. The van der Waals surface area contributed by atoms with Crippen molar-refractivity contribution in [1.29, 1.82) is 0 Å². The molecule has 2 rings (SSSR count). The van der Waals surface area contributed by atoms with E-state index in [2.05, 4.69) is 23.7 Å². The maximum Gasteiger partial charge on any atom is 0.161 e. The van der Waals surface area contributed by atoms with Crippen LogP contribution in [-0.2, 0) is 0 Å². The Kier molecular flexibility index (Phi) is 3.17. The zero-order valence-electron chi connectivity index (χ0n) is 9.14. The molecular formula is C11H16N2OS. The van der Waals surface area contributed by atoms with Gasteiger partial charge >= 0.3 is 0 Å². The summed E-state index contributed by atoms with van der Waals surface area (Å²) in [5.41, 5.74) is 0. The first-order chi connectivity index (χ1) is 7.20. The second kappa shape index (κ2) is 4.41. The van der Waals surface area contributed by atoms with Gasteiger partial charge in [0.2, 0.25) is 0 Å². The SMILES string of the molecule is CC(C)N1CCC(c2ncc(C=O)s2)C1. The Labute approximate surface area is 94.1 Å². The van der Waals surface area contributed by atoms with Crippen LogP contribution in [0.1, 0.15) is 40.9 Å². The van der Waals surface area contributed by atoms with Gasteiger partial charge in [0.25, 0.3) is 0 Å². The normalized spacial score (nSPS) is 22.5. The molecule has 0 N–H and O–H groups in total. The molecule has 1 aromatic heterocycles. The predicted molar refractivity (Wildman–Crippen MR) is 61.6 cm³/mol. The van der Waals surface area contributed by atoms with Crippen LogP contribution in [0, 0.1) is 0 Å². The van der Waals surface area contributed by atoms with E-state index in [4.69, 9.17) is 0 Å². The average Bonchev–Trinajstić information content (AvgIpc) is 2.86. The summed E-state index contributed by atoms with van der Waals surface area (Å²) in [6.07, 6.45) is 3.74. The maximum atomic E-state index is 10.6. The first-order valence-electron chi connectivity index (χ1n) is 5.35. The number of hydrogen-bond donors (Lipinski definition) is 0. The fraction of sp³-hybridized carbons (Fsp3) is 0.636. The summed E-state index contributed by atoms with van der Waals surface area (Å²) in [4.78, 5) is 18.1. The van der Waals surface area contributed by atoms with Gasteiger partial charge in [-0.25, -0.2) is 4.98 Å². The fourth-order valence-electron chi connectivity index (χ4n) is 2.00. The molecule has 0 saturated carbocycles. The van der Waals surface area contributed by atoms with Crippen molar-refractivity contribution in [3.05, 3.63) is 16.1 Å². The van der Waals surface area contributed by atoms with Crippen molar-refractivity contribution in [2.45, 2.75) is 32.2 Å². The zero-order chi connectivity index (χ0) is 10.8. The van der Waals surface area contributed by atoms with E-state index in [9.17, 15) is 4.79 Å². The van der Waals surface area contributed by atoms with E-state index < -0.39 is 0 Å². The summed E-state index contributed by atoms with van der Waals surface area (Å²) in [7, 11) is 0. The van der Waals surface area contributed by atoms with E-state index in [1.807, 2.05) is 0 Å². The fourth-order valence-corrected chi connectivity index (χ4v) is 2.86. The molecule has 0 aliphatic carbocycles. The van der Waals surface area contributed by atoms with E-state index in [-0.39, 0.29) is 0 Å². The van der Waals surface area contributed by atoms with Crippen LogP contribution < -0.4 is 0 Å². The molecule has 1 aliphatic rings. The highest BCUT2D eigenvalue weighted by Crippen LogP contribution is 2.30. The van der Waals surface area contributed by atoms with Crippen molar-refractivity contribution < 1.29 is 4.79 Å². The van der Waals surface area contributed by atoms with Crippen LogP contribution >= 0.6 is 11.3 Å². The van der Waals surface area contributed by atoms with Crippen LogP contribution in [0.2, 0.25) is 0 Å². The molecule has 1 unspecified atom stereocenters. The number of nitrogens with zero attached hydrogens (tertiary/aromatic N) is 2. The summed E-state index contributed by atoms with van der Waals surface area (Å²) in [5, 5.41) is 1.13. The van der Waals surface area contributed by atoms with E-state index in [0.29, 0.717) is 12.0 Å². The number of aldehydes is 1. The topological polar surface area (TPSA) is 33.2 Å². The summed E-state index contributed by atoms with van der Waals surface area (Å²) < 4.78 is 0. The van der Waals surface area contributed by atoms with Crippen molar-refractivity contribution >= 4 is 17.6 Å². The second-order valence-corrected chi connectivity index (χ2v) is 5.39. The molecule has 1 fully saturated rings. The number of rotatable bonds is 3. The lowest BCUT2D eigenvalue weighted by Crippen LogP contribution is -2.27. The molecule has 82 valence electrons. The van der Waals surface area contributed by atoms with E-state index in [0.717, 1.165) is 29.3 Å². The molecule has 15 heavy (non-hydrogen) atoms. The van der Waals surface area contributed by atoms with Crippen molar-refractivity contribution in [3.63, 3.8) is 0 Å². The van der Waals surface area contributed by atoms with E-state index >= 15 is 0 Å². The van der Waals surface area contributed by atoms with Gasteiger partial charge in [0.15, 0.2) is 6.29 Å². The monoisotopic (exact) mass is 224 g/mol. The lowest BCUT2D eigenvalue weighted by molar-refractivity contribution is 0.112. The second-order valence-electron chi connectivity index (χ2n) is 4.29. The summed E-state index contributed by atoms with van der Waals surface area (Å²) >= 11 is 1.54. The van der Waals surface area contributed by atoms with Gasteiger partial charge in [-0.15, -0.1) is 11.3 Å². The van der Waals surface area contributed by atoms with Gasteiger partial charge in [0, 0.05) is 24.7 Å². The van der Waals surface area contributed by atoms with Gasteiger partial charge in [-0.2, -0.15) is 0 Å². The number of hydrogen-bond acceptors (Lipinski definition) is 4. The molecule has 0 bridgehead atoms. The summed E-state index contributed by atoms with van der Waals surface area (Å²) in [6, 6.07) is 0.612. The Morgan fingerprint density at radius 3 is 3.00 bits per heavy atom. The van der Waals surface area contributed by atoms with Crippen molar-refractivity contribution in [2.75, 3.05) is 13.1 Å².